The zero-order valence-electron chi connectivity index (χ0n) is 9.53. The largest absolute Gasteiger partial charge is 0.356 e. The lowest BCUT2D eigenvalue weighted by Gasteiger charge is -2.03. The maximum atomic E-state index is 11.4. The van der Waals surface area contributed by atoms with E-state index in [9.17, 15) is 9.59 Å². The van der Waals surface area contributed by atoms with Crippen molar-refractivity contribution in [3.8, 4) is 6.07 Å². The van der Waals surface area contributed by atoms with E-state index in [1.54, 1.807) is 4.90 Å². The number of nitrogens with one attached hydrogen (secondary N) is 1. The fourth-order valence-corrected chi connectivity index (χ4v) is 1.51. The topological polar surface area (TPSA) is 73.0 Å². The van der Waals surface area contributed by atoms with E-state index in [-0.39, 0.29) is 17.9 Å². The van der Waals surface area contributed by atoms with Crippen LogP contribution >= 0.6 is 0 Å². The summed E-state index contributed by atoms with van der Waals surface area (Å²) in [6.45, 7) is 2.77. The van der Waals surface area contributed by atoms with Crippen molar-refractivity contribution < 1.29 is 9.59 Å². The maximum Gasteiger partial charge on any atom is 0.223 e. The Kier molecular flexibility index (Phi) is 4.77. The molecule has 1 saturated heterocycles. The molecule has 0 aromatic rings. The SMILES string of the molecule is CC(=O)NCCCCCC(=O)N1CC1C#N. The van der Waals surface area contributed by atoms with Crippen LogP contribution in [0.15, 0.2) is 0 Å². The first-order valence-corrected chi connectivity index (χ1v) is 5.58. The molecule has 0 bridgehead atoms. The predicted molar refractivity (Wildman–Crippen MR) is 58.3 cm³/mol. The van der Waals surface area contributed by atoms with Gasteiger partial charge in [-0.1, -0.05) is 6.42 Å². The molecule has 1 aliphatic heterocycles. The first kappa shape index (κ1) is 12.5. The molecule has 0 radical (unpaired) electrons. The van der Waals surface area contributed by atoms with Crippen LogP contribution in [0.3, 0.4) is 0 Å². The van der Waals surface area contributed by atoms with Gasteiger partial charge in [0.1, 0.15) is 6.04 Å². The fraction of sp³-hybridized carbons (Fsp3) is 0.727. The molecular formula is C11H17N3O2. The average Bonchev–Trinajstić information content (AvgIpc) is 3.01. The van der Waals surface area contributed by atoms with Crippen molar-refractivity contribution >= 4 is 11.8 Å². The van der Waals surface area contributed by atoms with E-state index in [4.69, 9.17) is 5.26 Å². The second-order valence-corrected chi connectivity index (χ2v) is 3.98. The lowest BCUT2D eigenvalue weighted by molar-refractivity contribution is -0.126. The Bertz CT molecular complexity index is 309. The fourth-order valence-electron chi connectivity index (χ4n) is 1.51. The molecule has 5 nitrogen and oxygen atoms in total. The molecule has 1 unspecified atom stereocenters. The van der Waals surface area contributed by atoms with Crippen LogP contribution in [0.2, 0.25) is 0 Å². The number of hydrogen-bond donors (Lipinski definition) is 1. The minimum atomic E-state index is -0.174. The summed E-state index contributed by atoms with van der Waals surface area (Å²) in [5, 5.41) is 11.2. The van der Waals surface area contributed by atoms with Gasteiger partial charge >= 0.3 is 0 Å². The van der Waals surface area contributed by atoms with E-state index in [0.29, 0.717) is 19.5 Å². The van der Waals surface area contributed by atoms with Crippen molar-refractivity contribution in [3.63, 3.8) is 0 Å². The van der Waals surface area contributed by atoms with Crippen molar-refractivity contribution in [3.05, 3.63) is 0 Å². The number of unbranched alkanes of at least 4 members (excludes halogenated alkanes) is 2. The minimum absolute atomic E-state index is 0.0166. The van der Waals surface area contributed by atoms with Crippen molar-refractivity contribution in [2.45, 2.75) is 38.6 Å². The third-order valence-electron chi connectivity index (χ3n) is 2.52. The standard InChI is InChI=1S/C11H17N3O2/c1-9(15)13-6-4-2-3-5-11(16)14-8-10(14)7-12/h10H,2-6,8H2,1H3,(H,13,15). The van der Waals surface area contributed by atoms with E-state index in [1.165, 1.54) is 6.92 Å². The molecule has 0 aromatic carbocycles. The number of nitriles is 1. The van der Waals surface area contributed by atoms with Crippen LogP contribution in [0.4, 0.5) is 0 Å². The highest BCUT2D eigenvalue weighted by molar-refractivity contribution is 5.79. The zero-order valence-corrected chi connectivity index (χ0v) is 9.53. The Morgan fingerprint density at radius 3 is 2.75 bits per heavy atom. The van der Waals surface area contributed by atoms with Crippen molar-refractivity contribution in [2.75, 3.05) is 13.1 Å². The van der Waals surface area contributed by atoms with Gasteiger partial charge in [0.25, 0.3) is 0 Å². The second kappa shape index (κ2) is 6.11. The van der Waals surface area contributed by atoms with Crippen molar-refractivity contribution in [1.82, 2.24) is 10.2 Å². The van der Waals surface area contributed by atoms with Crippen LogP contribution in [0, 0.1) is 11.3 Å². The summed E-state index contributed by atoms with van der Waals surface area (Å²) in [5.74, 6) is 0.0584. The Morgan fingerprint density at radius 1 is 1.44 bits per heavy atom. The van der Waals surface area contributed by atoms with Gasteiger partial charge in [0, 0.05) is 19.9 Å². The van der Waals surface area contributed by atoms with Crippen LogP contribution in [0.1, 0.15) is 32.6 Å². The number of rotatable bonds is 6. The summed E-state index contributed by atoms with van der Waals surface area (Å²) >= 11 is 0. The van der Waals surface area contributed by atoms with Gasteiger partial charge in [0.2, 0.25) is 11.8 Å². The highest BCUT2D eigenvalue weighted by Gasteiger charge is 2.37. The summed E-state index contributed by atoms with van der Waals surface area (Å²) in [6, 6.07) is 1.88. The molecule has 1 atom stereocenters. The predicted octanol–water partition coefficient (Wildman–Crippen LogP) is 0.417. The molecule has 1 heterocycles. The van der Waals surface area contributed by atoms with Gasteiger partial charge in [-0.25, -0.2) is 0 Å². The lowest BCUT2D eigenvalue weighted by atomic mass is 10.2. The molecule has 0 spiro atoms. The Balaban J connectivity index is 1.94. The van der Waals surface area contributed by atoms with Gasteiger partial charge in [0.15, 0.2) is 0 Å². The minimum Gasteiger partial charge on any atom is -0.356 e. The molecule has 5 heteroatoms. The second-order valence-electron chi connectivity index (χ2n) is 3.98. The monoisotopic (exact) mass is 223 g/mol. The van der Waals surface area contributed by atoms with E-state index in [1.807, 2.05) is 0 Å². The van der Waals surface area contributed by atoms with Gasteiger partial charge in [-0.3, -0.25) is 9.59 Å². The van der Waals surface area contributed by atoms with Crippen LogP contribution in [0.25, 0.3) is 0 Å². The first-order valence-electron chi connectivity index (χ1n) is 5.58. The smallest absolute Gasteiger partial charge is 0.223 e. The van der Waals surface area contributed by atoms with Gasteiger partial charge in [0.05, 0.1) is 12.6 Å². The van der Waals surface area contributed by atoms with E-state index < -0.39 is 0 Å². The Labute approximate surface area is 95.4 Å². The summed E-state index contributed by atoms with van der Waals surface area (Å²) in [5.41, 5.74) is 0. The molecule has 0 aliphatic carbocycles. The molecule has 1 aliphatic rings. The molecule has 1 N–H and O–H groups in total. The van der Waals surface area contributed by atoms with Crippen LogP contribution in [-0.4, -0.2) is 35.8 Å². The van der Waals surface area contributed by atoms with Gasteiger partial charge in [-0.15, -0.1) is 0 Å². The number of nitrogens with zero attached hydrogens (tertiary/aromatic N) is 2. The molecule has 0 saturated carbocycles. The quantitative estimate of drug-likeness (QED) is 0.524. The molecule has 88 valence electrons. The first-order chi connectivity index (χ1) is 7.65. The molecule has 1 fully saturated rings. The van der Waals surface area contributed by atoms with Gasteiger partial charge < -0.3 is 10.2 Å². The van der Waals surface area contributed by atoms with Crippen LogP contribution < -0.4 is 5.32 Å². The summed E-state index contributed by atoms with van der Waals surface area (Å²) in [4.78, 5) is 23.6. The average molecular weight is 223 g/mol. The summed E-state index contributed by atoms with van der Waals surface area (Å²) in [7, 11) is 0. The normalized spacial score (nSPS) is 17.8. The van der Waals surface area contributed by atoms with E-state index in [2.05, 4.69) is 11.4 Å². The number of hydrogen-bond acceptors (Lipinski definition) is 3. The van der Waals surface area contributed by atoms with Gasteiger partial charge in [-0.2, -0.15) is 5.26 Å². The summed E-state index contributed by atoms with van der Waals surface area (Å²) < 4.78 is 0. The zero-order chi connectivity index (χ0) is 12.0. The molecular weight excluding hydrogens is 206 g/mol. The Hall–Kier alpha value is -1.57. The van der Waals surface area contributed by atoms with Crippen LogP contribution in [-0.2, 0) is 9.59 Å². The summed E-state index contributed by atoms with van der Waals surface area (Å²) in [6.07, 6.45) is 3.16. The molecule has 0 aromatic heterocycles. The number of amides is 2. The van der Waals surface area contributed by atoms with E-state index in [0.717, 1.165) is 19.3 Å². The molecule has 2 amide bonds. The van der Waals surface area contributed by atoms with Crippen molar-refractivity contribution in [1.29, 1.82) is 5.26 Å². The van der Waals surface area contributed by atoms with Crippen LogP contribution in [0.5, 0.6) is 0 Å². The van der Waals surface area contributed by atoms with Gasteiger partial charge in [-0.05, 0) is 12.8 Å². The number of carbonyl (C=O) groups excluding carboxylic acids is 2. The molecule has 16 heavy (non-hydrogen) atoms. The highest BCUT2D eigenvalue weighted by Crippen LogP contribution is 2.18. The molecule has 1 rings (SSSR count). The number of carbonyl (C=O) groups is 2. The third-order valence-corrected chi connectivity index (χ3v) is 2.52. The highest BCUT2D eigenvalue weighted by atomic mass is 16.2. The third kappa shape index (κ3) is 4.30. The van der Waals surface area contributed by atoms with Crippen molar-refractivity contribution in [2.24, 2.45) is 0 Å². The van der Waals surface area contributed by atoms with E-state index >= 15 is 0 Å². The Morgan fingerprint density at radius 2 is 2.19 bits per heavy atom. The lowest BCUT2D eigenvalue weighted by Crippen LogP contribution is -2.20. The maximum absolute atomic E-state index is 11.4.